The fraction of sp³-hybridized carbons (Fsp3) is 0.500. The maximum absolute atomic E-state index is 12.9. The van der Waals surface area contributed by atoms with E-state index in [1.165, 1.54) is 23.9 Å². The largest absolute Gasteiger partial charge is 0.354 e. The van der Waals surface area contributed by atoms with E-state index in [-0.39, 0.29) is 34.7 Å². The van der Waals surface area contributed by atoms with Gasteiger partial charge in [-0.25, -0.2) is 4.39 Å². The summed E-state index contributed by atoms with van der Waals surface area (Å²) < 4.78 is 12.9. The molecule has 8 heteroatoms. The second-order valence-corrected chi connectivity index (χ2v) is 7.69. The maximum Gasteiger partial charge on any atom is 0.243 e. The van der Waals surface area contributed by atoms with Crippen LogP contribution in [0.5, 0.6) is 0 Å². The van der Waals surface area contributed by atoms with E-state index in [2.05, 4.69) is 16.0 Å². The van der Waals surface area contributed by atoms with Crippen LogP contribution in [0.15, 0.2) is 24.3 Å². The lowest BCUT2D eigenvalue weighted by atomic mass is 10.1. The fourth-order valence-electron chi connectivity index (χ4n) is 2.42. The summed E-state index contributed by atoms with van der Waals surface area (Å²) in [6, 6.07) is 5.48. The van der Waals surface area contributed by atoms with Crippen molar-refractivity contribution in [2.24, 2.45) is 5.92 Å². The monoisotopic (exact) mass is 381 g/mol. The van der Waals surface area contributed by atoms with Crippen molar-refractivity contribution in [3.63, 3.8) is 0 Å². The molecule has 1 saturated heterocycles. The zero-order valence-corrected chi connectivity index (χ0v) is 15.7. The van der Waals surface area contributed by atoms with Crippen molar-refractivity contribution in [2.45, 2.75) is 31.6 Å². The van der Waals surface area contributed by atoms with Crippen molar-refractivity contribution < 1.29 is 18.8 Å². The number of hydrogen-bond donors (Lipinski definition) is 3. The maximum atomic E-state index is 12.9. The van der Waals surface area contributed by atoms with Crippen molar-refractivity contribution in [2.75, 3.05) is 18.8 Å². The molecule has 1 aliphatic rings. The van der Waals surface area contributed by atoms with Crippen molar-refractivity contribution in [1.82, 2.24) is 16.0 Å². The summed E-state index contributed by atoms with van der Waals surface area (Å²) in [5.74, 6) is -0.455. The highest BCUT2D eigenvalue weighted by Gasteiger charge is 2.32. The average molecular weight is 381 g/mol. The predicted molar refractivity (Wildman–Crippen MR) is 99.1 cm³/mol. The molecule has 26 heavy (non-hydrogen) atoms. The van der Waals surface area contributed by atoms with Crippen LogP contribution in [0.1, 0.15) is 19.4 Å². The predicted octanol–water partition coefficient (Wildman–Crippen LogP) is 0.857. The van der Waals surface area contributed by atoms with E-state index in [9.17, 15) is 18.8 Å². The van der Waals surface area contributed by atoms with Crippen LogP contribution in [0, 0.1) is 11.7 Å². The van der Waals surface area contributed by atoms with E-state index in [0.717, 1.165) is 5.56 Å². The molecular weight excluding hydrogens is 357 g/mol. The van der Waals surface area contributed by atoms with E-state index >= 15 is 0 Å². The summed E-state index contributed by atoms with van der Waals surface area (Å²) in [6.45, 7) is 4.26. The van der Waals surface area contributed by atoms with Crippen LogP contribution in [-0.2, 0) is 20.8 Å². The lowest BCUT2D eigenvalue weighted by Crippen LogP contribution is -2.55. The van der Waals surface area contributed by atoms with Gasteiger partial charge in [-0.1, -0.05) is 26.0 Å². The van der Waals surface area contributed by atoms with Crippen LogP contribution in [-0.4, -0.2) is 47.9 Å². The van der Waals surface area contributed by atoms with Gasteiger partial charge in [0.05, 0.1) is 5.25 Å². The third-order valence-electron chi connectivity index (χ3n) is 3.97. The Morgan fingerprint density at radius 3 is 2.50 bits per heavy atom. The zero-order chi connectivity index (χ0) is 19.1. The van der Waals surface area contributed by atoms with Crippen LogP contribution < -0.4 is 16.0 Å². The molecule has 0 aromatic heterocycles. The second-order valence-electron chi connectivity index (χ2n) is 6.45. The van der Waals surface area contributed by atoms with Crippen LogP contribution in [0.3, 0.4) is 0 Å². The molecule has 6 nitrogen and oxygen atoms in total. The van der Waals surface area contributed by atoms with Gasteiger partial charge in [-0.15, -0.1) is 11.8 Å². The highest BCUT2D eigenvalue weighted by molar-refractivity contribution is 8.00. The van der Waals surface area contributed by atoms with Crippen LogP contribution in [0.4, 0.5) is 4.39 Å². The number of carbonyl (C=O) groups is 3. The number of amides is 3. The summed E-state index contributed by atoms with van der Waals surface area (Å²) in [5, 5.41) is 7.87. The van der Waals surface area contributed by atoms with Gasteiger partial charge in [0.25, 0.3) is 0 Å². The minimum atomic E-state index is -0.585. The summed E-state index contributed by atoms with van der Waals surface area (Å²) in [4.78, 5) is 35.8. The number of nitrogens with one attached hydrogen (secondary N) is 3. The molecular formula is C18H24FN3O3S. The van der Waals surface area contributed by atoms with Crippen LogP contribution in [0.25, 0.3) is 0 Å². The molecule has 1 aromatic carbocycles. The Morgan fingerprint density at radius 1 is 1.23 bits per heavy atom. The van der Waals surface area contributed by atoms with Gasteiger partial charge in [0.15, 0.2) is 0 Å². The van der Waals surface area contributed by atoms with Crippen molar-refractivity contribution in [3.8, 4) is 0 Å². The van der Waals surface area contributed by atoms with Crippen LogP contribution in [0.2, 0.25) is 0 Å². The first-order chi connectivity index (χ1) is 12.4. The number of benzene rings is 1. The Bertz CT molecular complexity index is 652. The topological polar surface area (TPSA) is 87.3 Å². The van der Waals surface area contributed by atoms with E-state index in [4.69, 9.17) is 0 Å². The molecule has 0 saturated carbocycles. The molecule has 142 valence electrons. The molecule has 3 amide bonds. The normalized spacial score (nSPS) is 19.8. The van der Waals surface area contributed by atoms with Crippen molar-refractivity contribution in [3.05, 3.63) is 35.6 Å². The van der Waals surface area contributed by atoms with E-state index in [1.54, 1.807) is 26.0 Å². The number of rotatable bonds is 7. The van der Waals surface area contributed by atoms with Gasteiger partial charge in [-0.3, -0.25) is 14.4 Å². The fourth-order valence-corrected chi connectivity index (χ4v) is 3.61. The molecule has 0 spiro atoms. The molecule has 2 rings (SSSR count). The molecule has 3 N–H and O–H groups in total. The summed E-state index contributed by atoms with van der Waals surface area (Å²) in [7, 11) is 0. The zero-order valence-electron chi connectivity index (χ0n) is 14.9. The number of hydrogen-bond acceptors (Lipinski definition) is 4. The van der Waals surface area contributed by atoms with E-state index in [0.29, 0.717) is 25.3 Å². The molecule has 2 unspecified atom stereocenters. The Labute approximate surface area is 156 Å². The third kappa shape index (κ3) is 6.01. The molecule has 2 atom stereocenters. The quantitative estimate of drug-likeness (QED) is 0.612. The first kappa shape index (κ1) is 20.2. The smallest absolute Gasteiger partial charge is 0.243 e. The number of carbonyl (C=O) groups excluding carboxylic acids is 3. The molecule has 1 aromatic rings. The van der Waals surface area contributed by atoms with Crippen molar-refractivity contribution in [1.29, 1.82) is 0 Å². The average Bonchev–Trinajstić information content (AvgIpc) is 2.61. The molecule has 1 fully saturated rings. The van der Waals surface area contributed by atoms with E-state index in [1.807, 2.05) is 0 Å². The molecule has 1 heterocycles. The van der Waals surface area contributed by atoms with Gasteiger partial charge in [0.1, 0.15) is 11.9 Å². The van der Waals surface area contributed by atoms with Gasteiger partial charge in [-0.2, -0.15) is 0 Å². The third-order valence-corrected chi connectivity index (χ3v) is 5.28. The van der Waals surface area contributed by atoms with Crippen molar-refractivity contribution >= 4 is 29.5 Å². The number of thioether (sulfide) groups is 1. The summed E-state index contributed by atoms with van der Waals surface area (Å²) in [6.07, 6.45) is 0.492. The molecule has 1 aliphatic heterocycles. The lowest BCUT2D eigenvalue weighted by Gasteiger charge is -2.28. The number of halogens is 1. The Kier molecular flexibility index (Phi) is 7.44. The summed E-state index contributed by atoms with van der Waals surface area (Å²) in [5.41, 5.74) is 0.878. The van der Waals surface area contributed by atoms with Crippen LogP contribution >= 0.6 is 11.8 Å². The molecule has 0 bridgehead atoms. The highest BCUT2D eigenvalue weighted by atomic mass is 32.2. The van der Waals surface area contributed by atoms with Gasteiger partial charge < -0.3 is 16.0 Å². The van der Waals surface area contributed by atoms with Gasteiger partial charge in [0.2, 0.25) is 17.7 Å². The Balaban J connectivity index is 1.73. The highest BCUT2D eigenvalue weighted by Crippen LogP contribution is 2.22. The van der Waals surface area contributed by atoms with E-state index < -0.39 is 6.04 Å². The Morgan fingerprint density at radius 2 is 1.88 bits per heavy atom. The molecule has 0 aliphatic carbocycles. The minimum absolute atomic E-state index is 0.0654. The Hall–Kier alpha value is -2.09. The minimum Gasteiger partial charge on any atom is -0.354 e. The lowest BCUT2D eigenvalue weighted by molar-refractivity contribution is -0.128. The first-order valence-corrected chi connectivity index (χ1v) is 9.63. The van der Waals surface area contributed by atoms with Gasteiger partial charge in [-0.05, 0) is 24.1 Å². The SMILES string of the molecule is CC(C)C(=O)NCCNC(=O)C1CSC(Cc2ccc(F)cc2)C(=O)N1. The summed E-state index contributed by atoms with van der Waals surface area (Å²) >= 11 is 1.42. The van der Waals surface area contributed by atoms with Gasteiger partial charge >= 0.3 is 0 Å². The standard InChI is InChI=1S/C18H24FN3O3S/c1-11(2)16(23)20-7-8-21-17(24)14-10-26-15(18(25)22-14)9-12-3-5-13(19)6-4-12/h3-6,11,14-15H,7-10H2,1-2H3,(H,20,23)(H,21,24)(H,22,25). The molecule has 0 radical (unpaired) electrons. The first-order valence-electron chi connectivity index (χ1n) is 8.58. The second kappa shape index (κ2) is 9.56. The van der Waals surface area contributed by atoms with Gasteiger partial charge in [0, 0.05) is 24.8 Å².